The maximum Gasteiger partial charge on any atom is 0.274 e. The number of nitrogens with zero attached hydrogens (tertiary/aromatic N) is 2. The summed E-state index contributed by atoms with van der Waals surface area (Å²) in [5.41, 5.74) is 2.91. The van der Waals surface area contributed by atoms with Crippen molar-refractivity contribution in [3.8, 4) is 0 Å². The molecule has 0 atom stereocenters. The molecule has 6 heteroatoms. The summed E-state index contributed by atoms with van der Waals surface area (Å²) in [6.07, 6.45) is 0. The average Bonchev–Trinajstić information content (AvgIpc) is 2.64. The van der Waals surface area contributed by atoms with Crippen molar-refractivity contribution in [2.75, 3.05) is 10.6 Å². The Labute approximate surface area is 157 Å². The molecule has 0 aliphatic heterocycles. The number of hydrogen-bond acceptors (Lipinski definition) is 4. The first-order chi connectivity index (χ1) is 12.5. The number of benzene rings is 2. The highest BCUT2D eigenvalue weighted by Gasteiger charge is 2.13. The van der Waals surface area contributed by atoms with Gasteiger partial charge in [-0.25, -0.2) is 9.97 Å². The van der Waals surface area contributed by atoms with Crippen LogP contribution in [-0.4, -0.2) is 15.9 Å². The summed E-state index contributed by atoms with van der Waals surface area (Å²) in [6, 6.07) is 17.0. The summed E-state index contributed by atoms with van der Waals surface area (Å²) in [6.45, 7) is 4.23. The SMILES string of the molecule is Cc1nc(NCc2ccccc2)cc(C(=O)Nc2cccc(Cl)c2C)n1. The minimum absolute atomic E-state index is 0.299. The van der Waals surface area contributed by atoms with Crippen molar-refractivity contribution in [2.24, 2.45) is 0 Å². The van der Waals surface area contributed by atoms with Crippen LogP contribution in [0.5, 0.6) is 0 Å². The van der Waals surface area contributed by atoms with Gasteiger partial charge in [-0.15, -0.1) is 0 Å². The molecule has 2 N–H and O–H groups in total. The lowest BCUT2D eigenvalue weighted by molar-refractivity contribution is 0.102. The lowest BCUT2D eigenvalue weighted by atomic mass is 10.2. The maximum absolute atomic E-state index is 12.6. The Bertz CT molecular complexity index is 928. The number of amides is 1. The molecule has 0 unspecified atom stereocenters. The van der Waals surface area contributed by atoms with Crippen LogP contribution in [0.15, 0.2) is 54.6 Å². The summed E-state index contributed by atoms with van der Waals surface area (Å²) in [5, 5.41) is 6.69. The minimum Gasteiger partial charge on any atom is -0.366 e. The lowest BCUT2D eigenvalue weighted by Gasteiger charge is -2.11. The minimum atomic E-state index is -0.302. The standard InChI is InChI=1S/C20H19ClN4O/c1-13-16(21)9-6-10-17(13)25-20(26)18-11-19(24-14(2)23-18)22-12-15-7-4-3-5-8-15/h3-11H,12H2,1-2H3,(H,25,26)(H,22,23,24). The van der Waals surface area contributed by atoms with Gasteiger partial charge in [0.05, 0.1) is 0 Å². The van der Waals surface area contributed by atoms with Crippen molar-refractivity contribution < 1.29 is 4.79 Å². The van der Waals surface area contributed by atoms with E-state index >= 15 is 0 Å². The molecule has 132 valence electrons. The van der Waals surface area contributed by atoms with E-state index in [1.807, 2.05) is 43.3 Å². The topological polar surface area (TPSA) is 66.9 Å². The van der Waals surface area contributed by atoms with Gasteiger partial charge in [0.1, 0.15) is 17.3 Å². The number of hydrogen-bond donors (Lipinski definition) is 2. The predicted octanol–water partition coefficient (Wildman–Crippen LogP) is 4.61. The Kier molecular flexibility index (Phi) is 5.49. The molecule has 0 spiro atoms. The second-order valence-electron chi connectivity index (χ2n) is 5.89. The zero-order chi connectivity index (χ0) is 18.5. The third-order valence-corrected chi connectivity index (χ3v) is 4.31. The van der Waals surface area contributed by atoms with Crippen molar-refractivity contribution in [1.29, 1.82) is 0 Å². The van der Waals surface area contributed by atoms with Crippen LogP contribution >= 0.6 is 11.6 Å². The van der Waals surface area contributed by atoms with E-state index in [9.17, 15) is 4.79 Å². The van der Waals surface area contributed by atoms with Crippen LogP contribution in [0.1, 0.15) is 27.4 Å². The van der Waals surface area contributed by atoms with Gasteiger partial charge >= 0.3 is 0 Å². The van der Waals surface area contributed by atoms with E-state index in [1.54, 1.807) is 25.1 Å². The molecule has 0 aliphatic carbocycles. The molecule has 0 fully saturated rings. The largest absolute Gasteiger partial charge is 0.366 e. The molecule has 1 heterocycles. The Balaban J connectivity index is 1.76. The summed E-state index contributed by atoms with van der Waals surface area (Å²) in [5.74, 6) is 0.828. The van der Waals surface area contributed by atoms with Gasteiger partial charge in [0.2, 0.25) is 0 Å². The smallest absolute Gasteiger partial charge is 0.274 e. The first-order valence-electron chi connectivity index (χ1n) is 8.23. The molecule has 2 aromatic carbocycles. The van der Waals surface area contributed by atoms with E-state index in [0.29, 0.717) is 34.6 Å². The van der Waals surface area contributed by atoms with Gasteiger partial charge in [0.25, 0.3) is 5.91 Å². The predicted molar refractivity (Wildman–Crippen MR) is 105 cm³/mol. The molecular weight excluding hydrogens is 348 g/mol. The Morgan fingerprint density at radius 1 is 1.04 bits per heavy atom. The third kappa shape index (κ3) is 4.37. The van der Waals surface area contributed by atoms with Crippen LogP contribution in [0.2, 0.25) is 5.02 Å². The first kappa shape index (κ1) is 17.9. The molecule has 3 rings (SSSR count). The monoisotopic (exact) mass is 366 g/mol. The highest BCUT2D eigenvalue weighted by atomic mass is 35.5. The summed E-state index contributed by atoms with van der Waals surface area (Å²) < 4.78 is 0. The lowest BCUT2D eigenvalue weighted by Crippen LogP contribution is -2.16. The van der Waals surface area contributed by atoms with Crippen LogP contribution in [0.4, 0.5) is 11.5 Å². The van der Waals surface area contributed by atoms with E-state index in [2.05, 4.69) is 20.6 Å². The van der Waals surface area contributed by atoms with Gasteiger partial charge in [-0.2, -0.15) is 0 Å². The number of aryl methyl sites for hydroxylation is 1. The zero-order valence-electron chi connectivity index (χ0n) is 14.6. The third-order valence-electron chi connectivity index (χ3n) is 3.90. The van der Waals surface area contributed by atoms with Crippen molar-refractivity contribution in [3.63, 3.8) is 0 Å². The van der Waals surface area contributed by atoms with Gasteiger partial charge in [-0.1, -0.05) is 48.0 Å². The summed E-state index contributed by atoms with van der Waals surface area (Å²) in [4.78, 5) is 21.2. The summed E-state index contributed by atoms with van der Waals surface area (Å²) in [7, 11) is 0. The second kappa shape index (κ2) is 7.97. The fourth-order valence-corrected chi connectivity index (χ4v) is 2.67. The molecular formula is C20H19ClN4O. The number of carbonyl (C=O) groups excluding carboxylic acids is 1. The van der Waals surface area contributed by atoms with E-state index in [4.69, 9.17) is 11.6 Å². The van der Waals surface area contributed by atoms with Crippen LogP contribution < -0.4 is 10.6 Å². The highest BCUT2D eigenvalue weighted by molar-refractivity contribution is 6.31. The Morgan fingerprint density at radius 2 is 1.81 bits per heavy atom. The number of halogens is 1. The fourth-order valence-electron chi connectivity index (χ4n) is 2.49. The molecule has 5 nitrogen and oxygen atoms in total. The van der Waals surface area contributed by atoms with Crippen LogP contribution in [0, 0.1) is 13.8 Å². The molecule has 0 saturated heterocycles. The zero-order valence-corrected chi connectivity index (χ0v) is 15.3. The van der Waals surface area contributed by atoms with Gasteiger partial charge < -0.3 is 10.6 Å². The molecule has 0 saturated carbocycles. The number of rotatable bonds is 5. The molecule has 3 aromatic rings. The second-order valence-corrected chi connectivity index (χ2v) is 6.30. The Hall–Kier alpha value is -2.92. The normalized spacial score (nSPS) is 10.4. The van der Waals surface area contributed by atoms with Crippen molar-refractivity contribution in [2.45, 2.75) is 20.4 Å². The van der Waals surface area contributed by atoms with E-state index in [-0.39, 0.29) is 5.91 Å². The number of carbonyl (C=O) groups is 1. The maximum atomic E-state index is 12.6. The van der Waals surface area contributed by atoms with Gasteiger partial charge in [-0.05, 0) is 37.1 Å². The average molecular weight is 367 g/mol. The fraction of sp³-hybridized carbons (Fsp3) is 0.150. The van der Waals surface area contributed by atoms with Crippen LogP contribution in [-0.2, 0) is 6.54 Å². The highest BCUT2D eigenvalue weighted by Crippen LogP contribution is 2.23. The molecule has 0 bridgehead atoms. The quantitative estimate of drug-likeness (QED) is 0.691. The number of aromatic nitrogens is 2. The Morgan fingerprint density at radius 3 is 2.58 bits per heavy atom. The number of anilines is 2. The molecule has 1 amide bonds. The molecule has 1 aromatic heterocycles. The van der Waals surface area contributed by atoms with E-state index < -0.39 is 0 Å². The van der Waals surface area contributed by atoms with E-state index in [1.165, 1.54) is 0 Å². The first-order valence-corrected chi connectivity index (χ1v) is 8.60. The van der Waals surface area contributed by atoms with Crippen LogP contribution in [0.3, 0.4) is 0 Å². The van der Waals surface area contributed by atoms with Gasteiger partial charge in [0, 0.05) is 23.3 Å². The van der Waals surface area contributed by atoms with Crippen molar-refractivity contribution in [1.82, 2.24) is 9.97 Å². The molecule has 26 heavy (non-hydrogen) atoms. The summed E-state index contributed by atoms with van der Waals surface area (Å²) >= 11 is 6.11. The van der Waals surface area contributed by atoms with E-state index in [0.717, 1.165) is 11.1 Å². The van der Waals surface area contributed by atoms with Crippen molar-refractivity contribution in [3.05, 3.63) is 82.3 Å². The number of nitrogens with one attached hydrogen (secondary N) is 2. The van der Waals surface area contributed by atoms with Crippen LogP contribution in [0.25, 0.3) is 0 Å². The molecule has 0 aliphatic rings. The van der Waals surface area contributed by atoms with Gasteiger partial charge in [0.15, 0.2) is 0 Å². The molecule has 0 radical (unpaired) electrons. The van der Waals surface area contributed by atoms with Crippen molar-refractivity contribution >= 4 is 29.0 Å². The van der Waals surface area contributed by atoms with Gasteiger partial charge in [-0.3, -0.25) is 4.79 Å².